The molecule has 0 aromatic heterocycles. The molecule has 0 amide bonds. The molecule has 0 radical (unpaired) electrons. The second kappa shape index (κ2) is 7.00. The van der Waals surface area contributed by atoms with Gasteiger partial charge in [0.2, 0.25) is 0 Å². The van der Waals surface area contributed by atoms with Gasteiger partial charge in [-0.3, -0.25) is 4.79 Å². The van der Waals surface area contributed by atoms with Crippen molar-refractivity contribution in [3.8, 4) is 0 Å². The number of fused-ring (bicyclic) bond motifs is 7. The van der Waals surface area contributed by atoms with E-state index in [-0.39, 0.29) is 30.0 Å². The molecule has 1 aliphatic heterocycles. The highest BCUT2D eigenvalue weighted by Gasteiger charge is 2.76. The minimum Gasteiger partial charge on any atom is -0.460 e. The van der Waals surface area contributed by atoms with Crippen molar-refractivity contribution in [2.45, 2.75) is 108 Å². The van der Waals surface area contributed by atoms with Gasteiger partial charge < -0.3 is 30.3 Å². The quantitative estimate of drug-likeness (QED) is 0.336. The van der Waals surface area contributed by atoms with Gasteiger partial charge in [0.05, 0.1) is 11.5 Å². The van der Waals surface area contributed by atoms with Crippen LogP contribution in [0, 0.1) is 39.9 Å². The molecule has 36 heavy (non-hydrogen) atoms. The molecular weight excluding hydrogens is 464 g/mol. The molecule has 1 heterocycles. The first kappa shape index (κ1) is 25.0. The average molecular weight is 505 g/mol. The van der Waals surface area contributed by atoms with Gasteiger partial charge in [0.15, 0.2) is 11.4 Å². The van der Waals surface area contributed by atoms with Crippen LogP contribution in [0.3, 0.4) is 0 Å². The largest absolute Gasteiger partial charge is 0.460 e. The van der Waals surface area contributed by atoms with E-state index in [0.29, 0.717) is 38.5 Å². The third-order valence-electron chi connectivity index (χ3n) is 12.8. The number of hydrogen-bond donors (Lipinski definition) is 5. The van der Waals surface area contributed by atoms with Crippen LogP contribution in [0.25, 0.3) is 0 Å². The second-order valence-corrected chi connectivity index (χ2v) is 13.8. The molecule has 8 heteroatoms. The van der Waals surface area contributed by atoms with E-state index < -0.39 is 63.2 Å². The summed E-state index contributed by atoms with van der Waals surface area (Å²) in [4.78, 5) is 25.9. The lowest BCUT2D eigenvalue weighted by atomic mass is 9.42. The number of rotatable bonds is 1. The summed E-state index contributed by atoms with van der Waals surface area (Å²) < 4.78 is 5.68. The van der Waals surface area contributed by atoms with Crippen molar-refractivity contribution in [2.24, 2.45) is 39.9 Å². The zero-order chi connectivity index (χ0) is 26.3. The summed E-state index contributed by atoms with van der Waals surface area (Å²) in [6.45, 7) is 7.14. The average Bonchev–Trinajstić information content (AvgIpc) is 3.24. The van der Waals surface area contributed by atoms with Gasteiger partial charge in [-0.15, -0.1) is 0 Å². The second-order valence-electron chi connectivity index (χ2n) is 13.8. The number of carbonyl (C=O) groups excluding carboxylic acids is 2. The zero-order valence-corrected chi connectivity index (χ0v) is 21.6. The summed E-state index contributed by atoms with van der Waals surface area (Å²) in [6.07, 6.45) is 3.20. The Bertz CT molecular complexity index is 1050. The molecule has 200 valence electrons. The Hall–Kier alpha value is -1.32. The fraction of sp³-hybridized carbons (Fsp3) is 0.857. The maximum Gasteiger partial charge on any atom is 0.338 e. The van der Waals surface area contributed by atoms with E-state index in [9.17, 15) is 35.1 Å². The Morgan fingerprint density at radius 1 is 0.917 bits per heavy atom. The minimum atomic E-state index is -1.66. The fourth-order valence-electron chi connectivity index (χ4n) is 10.2. The lowest BCUT2D eigenvalue weighted by Crippen LogP contribution is -2.69. The Morgan fingerprint density at radius 2 is 1.61 bits per heavy atom. The predicted molar refractivity (Wildman–Crippen MR) is 127 cm³/mol. The monoisotopic (exact) mass is 504 g/mol. The van der Waals surface area contributed by atoms with E-state index in [1.54, 1.807) is 6.92 Å². The maximum absolute atomic E-state index is 13.3. The molecular formula is C28H40O8. The molecule has 6 aliphatic rings. The van der Waals surface area contributed by atoms with Crippen molar-refractivity contribution in [1.29, 1.82) is 0 Å². The van der Waals surface area contributed by atoms with Crippen LogP contribution in [0.15, 0.2) is 12.2 Å². The van der Waals surface area contributed by atoms with Crippen LogP contribution in [-0.4, -0.2) is 72.4 Å². The number of ether oxygens (including phenoxy) is 1. The highest BCUT2D eigenvalue weighted by Crippen LogP contribution is 2.71. The number of ketones is 1. The lowest BCUT2D eigenvalue weighted by molar-refractivity contribution is -0.234. The Morgan fingerprint density at radius 3 is 2.31 bits per heavy atom. The standard InChI is InChI=1S/C28H40O8/c1-23-12-17(18(13-23)36-22(32)26(23,4)33)28(35)21(31)11-16-14-7-10-27(34)20(30)6-5-19(29)25(27,3)15(14)8-9-24(16,28)2/h5-6,14-18,20-21,30-31,33-35H,7-13H2,1-4H3/t14-,15+,16+,17?,18-,20+,21-,23-,24+,25+,26+,27+,28-/m1/s1. The van der Waals surface area contributed by atoms with Crippen LogP contribution >= 0.6 is 0 Å². The van der Waals surface area contributed by atoms with E-state index >= 15 is 0 Å². The number of esters is 1. The van der Waals surface area contributed by atoms with Crippen LogP contribution in [0.4, 0.5) is 0 Å². The third-order valence-corrected chi connectivity index (χ3v) is 12.8. The number of aliphatic hydroxyl groups excluding tert-OH is 2. The van der Waals surface area contributed by atoms with Crippen molar-refractivity contribution in [1.82, 2.24) is 0 Å². The van der Waals surface area contributed by atoms with Crippen molar-refractivity contribution >= 4 is 11.8 Å². The van der Waals surface area contributed by atoms with Crippen molar-refractivity contribution < 1.29 is 39.9 Å². The van der Waals surface area contributed by atoms with Crippen LogP contribution in [-0.2, 0) is 14.3 Å². The van der Waals surface area contributed by atoms with E-state index in [4.69, 9.17) is 4.74 Å². The molecule has 5 fully saturated rings. The minimum absolute atomic E-state index is 0.0117. The first-order chi connectivity index (χ1) is 16.6. The molecule has 13 atom stereocenters. The summed E-state index contributed by atoms with van der Waals surface area (Å²) in [5.41, 5.74) is -7.29. The van der Waals surface area contributed by atoms with E-state index in [2.05, 4.69) is 0 Å². The maximum atomic E-state index is 13.3. The van der Waals surface area contributed by atoms with Gasteiger partial charge in [0.25, 0.3) is 0 Å². The first-order valence-electron chi connectivity index (χ1n) is 13.5. The SMILES string of the molecule is C[C@@]12CC([C@@]3(O)[C@H](O)C[C@H]4[C@@H]5CC[C@]6(O)[C@@H](O)C=CC(=O)[C@]6(C)[C@H]5CC[C@@]43C)[C@@H](C1)OC(=O)[C@]2(C)O. The van der Waals surface area contributed by atoms with E-state index in [1.165, 1.54) is 19.1 Å². The van der Waals surface area contributed by atoms with Crippen molar-refractivity contribution in [2.75, 3.05) is 0 Å². The highest BCUT2D eigenvalue weighted by molar-refractivity contribution is 5.97. The molecule has 1 unspecified atom stereocenters. The molecule has 6 rings (SSSR count). The first-order valence-corrected chi connectivity index (χ1v) is 13.5. The van der Waals surface area contributed by atoms with Gasteiger partial charge in [-0.2, -0.15) is 0 Å². The van der Waals surface area contributed by atoms with Gasteiger partial charge in [0.1, 0.15) is 23.4 Å². The number of hydrogen-bond acceptors (Lipinski definition) is 8. The molecule has 0 aromatic rings. The Balaban J connectivity index is 1.38. The Labute approximate surface area is 211 Å². The molecule has 5 N–H and O–H groups in total. The lowest BCUT2D eigenvalue weighted by Gasteiger charge is -2.63. The summed E-state index contributed by atoms with van der Waals surface area (Å²) in [5.74, 6) is -1.66. The van der Waals surface area contributed by atoms with Crippen molar-refractivity contribution in [3.05, 3.63) is 12.2 Å². The third kappa shape index (κ3) is 2.49. The van der Waals surface area contributed by atoms with Crippen LogP contribution in [0.5, 0.6) is 0 Å². The Kier molecular flexibility index (Phi) is 4.86. The number of carbonyl (C=O) groups is 2. The molecule has 1 saturated heterocycles. The van der Waals surface area contributed by atoms with Crippen LogP contribution < -0.4 is 0 Å². The predicted octanol–water partition coefficient (Wildman–Crippen LogP) is 1.25. The van der Waals surface area contributed by atoms with Gasteiger partial charge in [-0.25, -0.2) is 4.79 Å². The summed E-state index contributed by atoms with van der Waals surface area (Å²) >= 11 is 0. The molecule has 5 aliphatic carbocycles. The molecule has 2 bridgehead atoms. The van der Waals surface area contributed by atoms with Gasteiger partial charge in [0, 0.05) is 16.7 Å². The highest BCUT2D eigenvalue weighted by atomic mass is 16.6. The summed E-state index contributed by atoms with van der Waals surface area (Å²) in [5, 5.41) is 57.2. The molecule has 0 spiro atoms. The number of aliphatic hydroxyl groups is 5. The molecule has 8 nitrogen and oxygen atoms in total. The summed E-state index contributed by atoms with van der Waals surface area (Å²) in [7, 11) is 0. The smallest absolute Gasteiger partial charge is 0.338 e. The molecule has 4 saturated carbocycles. The number of allylic oxidation sites excluding steroid dienone is 1. The van der Waals surface area contributed by atoms with Crippen molar-refractivity contribution in [3.63, 3.8) is 0 Å². The zero-order valence-electron chi connectivity index (χ0n) is 21.6. The normalized spacial score (nSPS) is 61.9. The van der Waals surface area contributed by atoms with Gasteiger partial charge in [-0.05, 0) is 88.7 Å². The summed E-state index contributed by atoms with van der Waals surface area (Å²) in [6, 6.07) is 0. The topological polar surface area (TPSA) is 145 Å². The fourth-order valence-corrected chi connectivity index (χ4v) is 10.2. The van der Waals surface area contributed by atoms with Crippen LogP contribution in [0.1, 0.15) is 72.6 Å². The van der Waals surface area contributed by atoms with E-state index in [0.717, 1.165) is 0 Å². The van der Waals surface area contributed by atoms with E-state index in [1.807, 2.05) is 13.8 Å². The van der Waals surface area contributed by atoms with Gasteiger partial charge >= 0.3 is 5.97 Å². The molecule has 0 aromatic carbocycles. The van der Waals surface area contributed by atoms with Gasteiger partial charge in [-0.1, -0.05) is 13.8 Å². The van der Waals surface area contributed by atoms with Crippen LogP contribution in [0.2, 0.25) is 0 Å².